The van der Waals surface area contributed by atoms with Crippen LogP contribution in [0.2, 0.25) is 0 Å². The first-order chi connectivity index (χ1) is 12.5. The lowest BCUT2D eigenvalue weighted by molar-refractivity contribution is -0.129. The number of carbonyl (C=O) groups excluding carboxylic acids is 1. The van der Waals surface area contributed by atoms with Crippen molar-refractivity contribution < 1.29 is 9.53 Å². The molecule has 5 heteroatoms. The number of benzene rings is 1. The third-order valence-corrected chi connectivity index (χ3v) is 7.10. The summed E-state index contributed by atoms with van der Waals surface area (Å²) in [7, 11) is 5.44. The third-order valence-electron chi connectivity index (χ3n) is 7.10. The molecule has 0 bridgehead atoms. The molecule has 26 heavy (non-hydrogen) atoms. The number of hydrogen-bond acceptors (Lipinski definition) is 4. The predicted octanol–water partition coefficient (Wildman–Crippen LogP) is 4.68. The van der Waals surface area contributed by atoms with Crippen molar-refractivity contribution in [3.63, 3.8) is 0 Å². The van der Waals surface area contributed by atoms with Crippen molar-refractivity contribution in [3.8, 4) is 5.75 Å². The second kappa shape index (κ2) is 6.36. The van der Waals surface area contributed by atoms with Crippen LogP contribution in [0.3, 0.4) is 0 Å². The first-order valence-corrected chi connectivity index (χ1v) is 9.77. The molecule has 0 amide bonds. The van der Waals surface area contributed by atoms with Gasteiger partial charge >= 0.3 is 0 Å². The number of fused-ring (bicyclic) bond motifs is 5. The summed E-state index contributed by atoms with van der Waals surface area (Å²) >= 11 is 0. The highest BCUT2D eigenvalue weighted by molar-refractivity contribution is 5.87. The summed E-state index contributed by atoms with van der Waals surface area (Å²) < 4.78 is 5.56. The summed E-state index contributed by atoms with van der Waals surface area (Å²) in [6.45, 7) is 2.23. The van der Waals surface area contributed by atoms with Crippen LogP contribution in [0.4, 0.5) is 5.69 Å². The average Bonchev–Trinajstić information content (AvgIpc) is 2.94. The van der Waals surface area contributed by atoms with Gasteiger partial charge in [-0.25, -0.2) is 0 Å². The van der Waals surface area contributed by atoms with E-state index in [0.717, 1.165) is 50.0 Å². The number of rotatable bonds is 3. The van der Waals surface area contributed by atoms with Gasteiger partial charge in [0.15, 0.2) is 0 Å². The Balaban J connectivity index is 1.73. The van der Waals surface area contributed by atoms with Crippen LogP contribution in [0.5, 0.6) is 5.75 Å². The Morgan fingerprint density at radius 3 is 2.73 bits per heavy atom. The quantitative estimate of drug-likeness (QED) is 0.584. The van der Waals surface area contributed by atoms with Crippen LogP contribution in [0.25, 0.3) is 0 Å². The molecule has 2 fully saturated rings. The summed E-state index contributed by atoms with van der Waals surface area (Å²) in [6.07, 6.45) is 6.13. The highest BCUT2D eigenvalue weighted by atomic mass is 16.5. The van der Waals surface area contributed by atoms with E-state index in [1.165, 1.54) is 11.1 Å². The van der Waals surface area contributed by atoms with Gasteiger partial charge in [-0.1, -0.05) is 18.2 Å². The van der Waals surface area contributed by atoms with Gasteiger partial charge in [0.05, 0.1) is 7.11 Å². The van der Waals surface area contributed by atoms with Crippen LogP contribution in [0, 0.1) is 17.3 Å². The smallest absolute Gasteiger partial charge is 0.146 e. The van der Waals surface area contributed by atoms with Crippen LogP contribution >= 0.6 is 0 Å². The van der Waals surface area contributed by atoms with Crippen molar-refractivity contribution in [1.29, 1.82) is 0 Å². The maximum Gasteiger partial charge on any atom is 0.146 e. The minimum Gasteiger partial charge on any atom is -0.494 e. The summed E-state index contributed by atoms with van der Waals surface area (Å²) in [5.41, 5.74) is 3.52. The molecule has 0 radical (unpaired) electrons. The molecule has 140 valence electrons. The van der Waals surface area contributed by atoms with E-state index in [4.69, 9.17) is 4.74 Å². The van der Waals surface area contributed by atoms with Crippen molar-refractivity contribution in [2.45, 2.75) is 51.4 Å². The lowest BCUT2D eigenvalue weighted by Gasteiger charge is -2.48. The van der Waals surface area contributed by atoms with Crippen molar-refractivity contribution >= 4 is 11.5 Å². The fourth-order valence-electron chi connectivity index (χ4n) is 5.81. The van der Waals surface area contributed by atoms with E-state index < -0.39 is 0 Å². The van der Waals surface area contributed by atoms with Crippen LogP contribution in [0.15, 0.2) is 22.5 Å². The number of carbonyl (C=O) groups is 1. The van der Waals surface area contributed by atoms with E-state index in [1.54, 1.807) is 12.1 Å². The van der Waals surface area contributed by atoms with Gasteiger partial charge in [-0.3, -0.25) is 9.80 Å². The number of nitrogens with zero attached hydrogens (tertiary/aromatic N) is 3. The molecule has 4 rings (SSSR count). The van der Waals surface area contributed by atoms with Gasteiger partial charge in [0, 0.05) is 25.9 Å². The Morgan fingerprint density at radius 2 is 2.00 bits per heavy atom. The van der Waals surface area contributed by atoms with Gasteiger partial charge in [0.25, 0.3) is 0 Å². The number of ketones is 1. The average molecular weight is 355 g/mol. The zero-order chi connectivity index (χ0) is 18.5. The Morgan fingerprint density at radius 1 is 1.19 bits per heavy atom. The van der Waals surface area contributed by atoms with Crippen LogP contribution in [-0.2, 0) is 11.2 Å². The molecule has 1 aromatic carbocycles. The van der Waals surface area contributed by atoms with Gasteiger partial charge < -0.3 is 4.74 Å². The Labute approximate surface area is 155 Å². The normalized spacial score (nSPS) is 32.9. The molecular formula is C21H29N3O2. The molecule has 4 atom stereocenters. The largest absolute Gasteiger partial charge is 0.494 e. The molecule has 0 spiro atoms. The maximum atomic E-state index is 12.5. The third kappa shape index (κ3) is 2.55. The fourth-order valence-corrected chi connectivity index (χ4v) is 5.81. The molecule has 0 aliphatic heterocycles. The first kappa shape index (κ1) is 17.5. The highest BCUT2D eigenvalue weighted by Gasteiger charge is 2.54. The second-order valence-electron chi connectivity index (χ2n) is 8.55. The maximum absolute atomic E-state index is 12.5. The first-order valence-electron chi connectivity index (χ1n) is 9.77. The van der Waals surface area contributed by atoms with E-state index in [0.29, 0.717) is 23.5 Å². The minimum absolute atomic E-state index is 0.0708. The van der Waals surface area contributed by atoms with Crippen molar-refractivity contribution in [3.05, 3.63) is 23.3 Å². The van der Waals surface area contributed by atoms with Crippen LogP contribution in [-0.4, -0.2) is 32.0 Å². The van der Waals surface area contributed by atoms with Gasteiger partial charge in [-0.05, 0) is 67.1 Å². The Bertz CT molecular complexity index is 758. The molecule has 3 aliphatic rings. The molecule has 0 heterocycles. The monoisotopic (exact) mass is 355 g/mol. The number of ether oxygens (including phenoxy) is 1. The zero-order valence-corrected chi connectivity index (χ0v) is 16.3. The van der Waals surface area contributed by atoms with Gasteiger partial charge in [0.1, 0.15) is 17.2 Å². The lowest BCUT2D eigenvalue weighted by Crippen LogP contribution is -2.42. The molecule has 0 saturated heterocycles. The molecule has 2 saturated carbocycles. The summed E-state index contributed by atoms with van der Waals surface area (Å²) in [5.74, 6) is 3.02. The van der Waals surface area contributed by atoms with E-state index in [1.807, 2.05) is 20.2 Å². The van der Waals surface area contributed by atoms with Gasteiger partial charge in [-0.15, -0.1) is 5.11 Å². The number of methoxy groups -OCH3 is 1. The van der Waals surface area contributed by atoms with E-state index in [-0.39, 0.29) is 5.41 Å². The standard InChI is InChI=1S/C21H29N3O2/c1-21-12-11-14-13-7-9-18(26-4)20(22-23-24(2)3)16(13)6-5-15(14)17(21)8-10-19(21)25/h7,9,14-15,17H,5-6,8,10-12H2,1-4H3/b23-22+. The van der Waals surface area contributed by atoms with Crippen LogP contribution in [0.1, 0.15) is 56.1 Å². The van der Waals surface area contributed by atoms with Gasteiger partial charge in [-0.2, -0.15) is 0 Å². The Hall–Kier alpha value is -1.91. The van der Waals surface area contributed by atoms with Crippen molar-refractivity contribution in [1.82, 2.24) is 5.01 Å². The molecule has 3 aliphatic carbocycles. The summed E-state index contributed by atoms with van der Waals surface area (Å²) in [5, 5.41) is 10.4. The van der Waals surface area contributed by atoms with E-state index >= 15 is 0 Å². The molecule has 0 N–H and O–H groups in total. The fraction of sp³-hybridized carbons (Fsp3) is 0.667. The topological polar surface area (TPSA) is 54.3 Å². The van der Waals surface area contributed by atoms with E-state index in [9.17, 15) is 4.79 Å². The molecule has 5 nitrogen and oxygen atoms in total. The predicted molar refractivity (Wildman–Crippen MR) is 101 cm³/mol. The summed E-state index contributed by atoms with van der Waals surface area (Å²) in [4.78, 5) is 12.5. The zero-order valence-electron chi connectivity index (χ0n) is 16.3. The van der Waals surface area contributed by atoms with Crippen molar-refractivity contribution in [2.24, 2.45) is 27.6 Å². The Kier molecular flexibility index (Phi) is 4.28. The van der Waals surface area contributed by atoms with Crippen molar-refractivity contribution in [2.75, 3.05) is 21.2 Å². The molecule has 0 aromatic heterocycles. The second-order valence-corrected chi connectivity index (χ2v) is 8.55. The SMILES string of the molecule is COc1ccc2c(c1/N=N/N(C)C)CCC1C2CCC2(C)C(=O)CCC12. The lowest BCUT2D eigenvalue weighted by atomic mass is 9.55. The number of hydrogen-bond donors (Lipinski definition) is 0. The minimum atomic E-state index is -0.0708. The van der Waals surface area contributed by atoms with Crippen LogP contribution < -0.4 is 4.74 Å². The molecule has 1 aromatic rings. The number of Topliss-reactive ketones (excluding diaryl/α,β-unsaturated/α-hetero) is 1. The van der Waals surface area contributed by atoms with E-state index in [2.05, 4.69) is 23.3 Å². The molecular weight excluding hydrogens is 326 g/mol. The molecule has 4 unspecified atom stereocenters. The highest BCUT2D eigenvalue weighted by Crippen LogP contribution is 2.60. The van der Waals surface area contributed by atoms with Gasteiger partial charge in [0.2, 0.25) is 0 Å². The summed E-state index contributed by atoms with van der Waals surface area (Å²) in [6, 6.07) is 4.28.